The first kappa shape index (κ1) is 24.6. The van der Waals surface area contributed by atoms with Gasteiger partial charge in [0.15, 0.2) is 0 Å². The topological polar surface area (TPSA) is 51.2 Å². The van der Waals surface area contributed by atoms with E-state index < -0.39 is 18.2 Å². The lowest BCUT2D eigenvalue weighted by atomic mass is 9.84. The van der Waals surface area contributed by atoms with E-state index in [9.17, 15) is 14.2 Å². The molecular weight excluding hydrogens is 415 g/mol. The predicted octanol–water partition coefficient (Wildman–Crippen LogP) is 7.89. The Kier molecular flexibility index (Phi) is 7.01. The van der Waals surface area contributed by atoms with Gasteiger partial charge in [-0.2, -0.15) is 0 Å². The molecule has 3 rings (SSSR count). The van der Waals surface area contributed by atoms with Gasteiger partial charge in [-0.15, -0.1) is 0 Å². The Morgan fingerprint density at radius 3 is 1.66 bits per heavy atom. The molecule has 0 radical (unpaired) electrons. The van der Waals surface area contributed by atoms with Gasteiger partial charge >= 0.3 is 0 Å². The second-order valence-electron chi connectivity index (χ2n) is 10.6. The van der Waals surface area contributed by atoms with Crippen LogP contribution in [0.2, 0.25) is 0 Å². The Balaban J connectivity index is 2.20. The van der Waals surface area contributed by atoms with E-state index in [1.54, 1.807) is 0 Å². The monoisotopic (exact) mass is 452 g/mol. The Morgan fingerprint density at radius 2 is 1.22 bits per heavy atom. The molecule has 32 heavy (non-hydrogen) atoms. The fraction of sp³-hybridized carbons (Fsp3) is 0.500. The quantitative estimate of drug-likeness (QED) is 0.433. The van der Waals surface area contributed by atoms with E-state index in [1.165, 1.54) is 0 Å². The highest BCUT2D eigenvalue weighted by atomic mass is 31.2. The molecule has 0 aromatic heterocycles. The van der Waals surface area contributed by atoms with Gasteiger partial charge in [0.1, 0.15) is 0 Å². The van der Waals surface area contributed by atoms with Crippen molar-refractivity contribution in [2.24, 2.45) is 0 Å². The van der Waals surface area contributed by atoms with Crippen LogP contribution >= 0.6 is 7.14 Å². The van der Waals surface area contributed by atoms with Gasteiger partial charge in [0, 0.05) is 16.8 Å². The normalized spacial score (nSPS) is 17.1. The van der Waals surface area contributed by atoms with Crippen LogP contribution in [0.4, 0.5) is 0 Å². The molecular formula is C28H37O3P. The molecule has 0 bridgehead atoms. The smallest absolute Gasteiger partial charge is 0.229 e. The van der Waals surface area contributed by atoms with Crippen molar-refractivity contribution in [1.82, 2.24) is 0 Å². The molecule has 4 heteroatoms. The molecule has 0 N–H and O–H groups in total. The average Bonchev–Trinajstić information content (AvgIpc) is 2.72. The van der Waals surface area contributed by atoms with Gasteiger partial charge in [-0.1, -0.05) is 70.4 Å². The maximum absolute atomic E-state index is 14.8. The predicted molar refractivity (Wildman–Crippen MR) is 134 cm³/mol. The first-order valence-corrected chi connectivity index (χ1v) is 13.5. The summed E-state index contributed by atoms with van der Waals surface area (Å²) in [5, 5.41) is 0. The molecule has 0 saturated heterocycles. The Labute approximate surface area is 193 Å². The highest BCUT2D eigenvalue weighted by Gasteiger charge is 2.49. The highest BCUT2D eigenvalue weighted by Crippen LogP contribution is 2.61. The van der Waals surface area contributed by atoms with Crippen molar-refractivity contribution in [1.29, 1.82) is 0 Å². The Morgan fingerprint density at radius 1 is 0.781 bits per heavy atom. The van der Waals surface area contributed by atoms with E-state index in [1.807, 2.05) is 58.0 Å². The minimum Gasteiger partial charge on any atom is -0.306 e. The Hall–Kier alpha value is -1.99. The highest BCUT2D eigenvalue weighted by molar-refractivity contribution is 7.96. The van der Waals surface area contributed by atoms with Crippen molar-refractivity contribution >= 4 is 18.2 Å². The summed E-state index contributed by atoms with van der Waals surface area (Å²) in [6.07, 6.45) is 4.27. The molecule has 1 aliphatic carbocycles. The number of carbonyl (C=O) groups excluding carboxylic acids is 2. The minimum absolute atomic E-state index is 0.0573. The van der Waals surface area contributed by atoms with Crippen LogP contribution in [-0.4, -0.2) is 16.7 Å². The lowest BCUT2D eigenvalue weighted by Gasteiger charge is -2.30. The van der Waals surface area contributed by atoms with E-state index >= 15 is 0 Å². The first-order chi connectivity index (χ1) is 14.9. The van der Waals surface area contributed by atoms with Crippen LogP contribution in [0.25, 0.3) is 0 Å². The minimum atomic E-state index is -3.86. The second-order valence-corrected chi connectivity index (χ2v) is 13.4. The summed E-state index contributed by atoms with van der Waals surface area (Å²) in [5.41, 5.74) is 3.98. The van der Waals surface area contributed by atoms with E-state index in [4.69, 9.17) is 0 Å². The maximum atomic E-state index is 14.8. The third-order valence-corrected chi connectivity index (χ3v) is 10.2. The number of rotatable bonds is 5. The van der Waals surface area contributed by atoms with Gasteiger partial charge < -0.3 is 4.57 Å². The molecule has 3 nitrogen and oxygen atoms in total. The van der Waals surface area contributed by atoms with Crippen LogP contribution in [0.5, 0.6) is 0 Å². The lowest BCUT2D eigenvalue weighted by Crippen LogP contribution is -2.26. The summed E-state index contributed by atoms with van der Waals surface area (Å²) in [7, 11) is -3.86. The van der Waals surface area contributed by atoms with Crippen LogP contribution in [0, 0.1) is 27.7 Å². The molecule has 2 aromatic carbocycles. The second kappa shape index (κ2) is 9.10. The van der Waals surface area contributed by atoms with Crippen LogP contribution in [-0.2, 0) is 9.98 Å². The summed E-state index contributed by atoms with van der Waals surface area (Å²) >= 11 is 0. The zero-order chi connectivity index (χ0) is 23.8. The van der Waals surface area contributed by atoms with Gasteiger partial charge in [-0.25, -0.2) is 0 Å². The molecule has 1 fully saturated rings. The number of hydrogen-bond acceptors (Lipinski definition) is 3. The van der Waals surface area contributed by atoms with Crippen LogP contribution in [0.1, 0.15) is 101 Å². The third kappa shape index (κ3) is 4.42. The van der Waals surface area contributed by atoms with E-state index in [0.717, 1.165) is 47.1 Å². The first-order valence-electron chi connectivity index (χ1n) is 11.8. The van der Waals surface area contributed by atoms with Gasteiger partial charge in [-0.05, 0) is 73.8 Å². The summed E-state index contributed by atoms with van der Waals surface area (Å²) < 4.78 is 14.8. The molecule has 0 amide bonds. The molecule has 2 aromatic rings. The molecule has 1 aliphatic rings. The number of carbonyl (C=O) groups is 2. The van der Waals surface area contributed by atoms with E-state index in [-0.39, 0.29) is 11.1 Å². The lowest BCUT2D eigenvalue weighted by molar-refractivity contribution is 0.103. The van der Waals surface area contributed by atoms with Gasteiger partial charge in [0.25, 0.3) is 0 Å². The standard InChI is InChI=1S/C28H37O3P/c1-18-12-11-13-19(2)24(18)26(29)32(31,23-14-9-8-10-15-23)27(30)25-20(3)16-22(17-21(25)4)28(5,6)7/h11-13,16-17,23H,8-10,14-15H2,1-7H3. The fourth-order valence-corrected chi connectivity index (χ4v) is 8.40. The molecule has 0 heterocycles. The van der Waals surface area contributed by atoms with Crippen molar-refractivity contribution in [2.75, 3.05) is 0 Å². The van der Waals surface area contributed by atoms with Crippen molar-refractivity contribution in [3.05, 3.63) is 69.3 Å². The summed E-state index contributed by atoms with van der Waals surface area (Å²) in [4.78, 5) is 28.1. The number of aryl methyl sites for hydroxylation is 4. The molecule has 1 saturated carbocycles. The average molecular weight is 453 g/mol. The van der Waals surface area contributed by atoms with Crippen LogP contribution in [0.15, 0.2) is 30.3 Å². The molecule has 0 spiro atoms. The van der Waals surface area contributed by atoms with E-state index in [0.29, 0.717) is 24.0 Å². The van der Waals surface area contributed by atoms with E-state index in [2.05, 4.69) is 20.8 Å². The van der Waals surface area contributed by atoms with Crippen LogP contribution < -0.4 is 0 Å². The van der Waals surface area contributed by atoms with Crippen molar-refractivity contribution in [3.8, 4) is 0 Å². The van der Waals surface area contributed by atoms with Crippen LogP contribution in [0.3, 0.4) is 0 Å². The number of hydrogen-bond donors (Lipinski definition) is 0. The van der Waals surface area contributed by atoms with Gasteiger partial charge in [0.05, 0.1) is 0 Å². The molecule has 1 atom stereocenters. The Bertz CT molecular complexity index is 1050. The molecule has 0 aliphatic heterocycles. The van der Waals surface area contributed by atoms with Crippen molar-refractivity contribution in [2.45, 2.75) is 91.6 Å². The molecule has 1 unspecified atom stereocenters. The third-order valence-electron chi connectivity index (χ3n) is 7.00. The zero-order valence-electron chi connectivity index (χ0n) is 20.7. The summed E-state index contributed by atoms with van der Waals surface area (Å²) in [5.74, 6) is 0. The summed E-state index contributed by atoms with van der Waals surface area (Å²) in [6, 6.07) is 9.67. The largest absolute Gasteiger partial charge is 0.306 e. The number of benzene rings is 2. The maximum Gasteiger partial charge on any atom is 0.229 e. The zero-order valence-corrected chi connectivity index (χ0v) is 21.6. The van der Waals surface area contributed by atoms with Gasteiger partial charge in [-0.3, -0.25) is 9.59 Å². The van der Waals surface area contributed by atoms with Crippen molar-refractivity contribution < 1.29 is 14.2 Å². The van der Waals surface area contributed by atoms with Crippen molar-refractivity contribution in [3.63, 3.8) is 0 Å². The SMILES string of the molecule is Cc1cccc(C)c1C(=O)P(=O)(C(=O)c1c(C)cc(C(C)(C)C)cc1C)C1CCCCC1. The van der Waals surface area contributed by atoms with Gasteiger partial charge in [0.2, 0.25) is 18.2 Å². The fourth-order valence-electron chi connectivity index (χ4n) is 5.09. The molecule has 172 valence electrons. The summed E-state index contributed by atoms with van der Waals surface area (Å²) in [6.45, 7) is 14.0.